The first kappa shape index (κ1) is 20.6. The molecule has 0 fully saturated rings. The molecule has 1 aromatic carbocycles. The number of hydrogen-bond donors (Lipinski definition) is 1. The van der Waals surface area contributed by atoms with Crippen molar-refractivity contribution < 1.29 is 18.0 Å². The molecule has 1 amide bonds. The molecule has 0 unspecified atom stereocenters. The number of nitrogens with zero attached hydrogens (tertiary/aromatic N) is 2. The van der Waals surface area contributed by atoms with E-state index in [1.807, 2.05) is 20.8 Å². The van der Waals surface area contributed by atoms with Gasteiger partial charge >= 0.3 is 6.18 Å². The average Bonchev–Trinajstić information content (AvgIpc) is 2.93. The third-order valence-corrected chi connectivity index (χ3v) is 6.28. The van der Waals surface area contributed by atoms with Crippen molar-refractivity contribution in [2.45, 2.75) is 38.4 Å². The Hall–Kier alpha value is -2.13. The second-order valence-electron chi connectivity index (χ2n) is 6.14. The maximum atomic E-state index is 13.1. The van der Waals surface area contributed by atoms with Crippen LogP contribution in [-0.4, -0.2) is 21.6 Å². The number of benzene rings is 1. The van der Waals surface area contributed by atoms with E-state index >= 15 is 0 Å². The summed E-state index contributed by atoms with van der Waals surface area (Å²) in [5.41, 5.74) is -0.0476. The van der Waals surface area contributed by atoms with E-state index in [1.165, 1.54) is 30.0 Å². The highest BCUT2D eigenvalue weighted by atomic mass is 32.2. The molecule has 3 rings (SSSR count). The largest absolute Gasteiger partial charge is 0.418 e. The molecule has 0 saturated heterocycles. The lowest BCUT2D eigenvalue weighted by Crippen LogP contribution is -2.18. The number of carbonyl (C=O) groups excluding carboxylic acids is 1. The van der Waals surface area contributed by atoms with Gasteiger partial charge < -0.3 is 5.32 Å². The predicted molar refractivity (Wildman–Crippen MR) is 107 cm³/mol. The van der Waals surface area contributed by atoms with Gasteiger partial charge in [0.2, 0.25) is 5.91 Å². The molecule has 148 valence electrons. The second-order valence-corrected chi connectivity index (χ2v) is 8.31. The number of rotatable bonds is 5. The first-order valence-electron chi connectivity index (χ1n) is 8.56. The van der Waals surface area contributed by atoms with Gasteiger partial charge in [-0.05, 0) is 31.5 Å². The Labute approximate surface area is 168 Å². The summed E-state index contributed by atoms with van der Waals surface area (Å²) < 4.78 is 39.2. The van der Waals surface area contributed by atoms with Crippen LogP contribution in [0.1, 0.15) is 28.8 Å². The van der Waals surface area contributed by atoms with Crippen molar-refractivity contribution in [3.8, 4) is 0 Å². The predicted octanol–water partition coefficient (Wildman–Crippen LogP) is 5.62. The average molecular weight is 426 g/mol. The number of carbonyl (C=O) groups is 1. The highest BCUT2D eigenvalue weighted by Gasteiger charge is 2.33. The Morgan fingerprint density at radius 2 is 1.93 bits per heavy atom. The van der Waals surface area contributed by atoms with Crippen molar-refractivity contribution >= 4 is 44.9 Å². The van der Waals surface area contributed by atoms with E-state index in [0.717, 1.165) is 26.7 Å². The van der Waals surface area contributed by atoms with Crippen LogP contribution < -0.4 is 5.32 Å². The quantitative estimate of drug-likeness (QED) is 0.426. The third-order valence-electron chi connectivity index (χ3n) is 4.20. The summed E-state index contributed by atoms with van der Waals surface area (Å²) in [4.78, 5) is 23.4. The molecule has 1 N–H and O–H groups in total. The van der Waals surface area contributed by atoms with Crippen LogP contribution in [0.3, 0.4) is 0 Å². The zero-order valence-corrected chi connectivity index (χ0v) is 17.1. The van der Waals surface area contributed by atoms with Crippen LogP contribution in [0.4, 0.5) is 18.9 Å². The smallest absolute Gasteiger partial charge is 0.325 e. The van der Waals surface area contributed by atoms with Gasteiger partial charge in [0, 0.05) is 16.7 Å². The highest BCUT2D eigenvalue weighted by molar-refractivity contribution is 8.00. The number of fused-ring (bicyclic) bond motifs is 1. The number of anilines is 1. The fourth-order valence-corrected chi connectivity index (χ4v) is 4.69. The number of amides is 1. The van der Waals surface area contributed by atoms with Gasteiger partial charge in [-0.1, -0.05) is 30.8 Å². The van der Waals surface area contributed by atoms with E-state index in [4.69, 9.17) is 0 Å². The van der Waals surface area contributed by atoms with E-state index in [9.17, 15) is 18.0 Å². The van der Waals surface area contributed by atoms with Gasteiger partial charge in [0.1, 0.15) is 15.7 Å². The SMILES string of the molecule is CCc1nc(SCC(=O)Nc2ccccc2C(F)(F)F)c2c(C)c(C)sc2n1. The molecular weight excluding hydrogens is 407 g/mol. The summed E-state index contributed by atoms with van der Waals surface area (Å²) >= 11 is 2.78. The van der Waals surface area contributed by atoms with E-state index in [-0.39, 0.29) is 11.4 Å². The van der Waals surface area contributed by atoms with E-state index < -0.39 is 17.6 Å². The van der Waals surface area contributed by atoms with Gasteiger partial charge in [0.05, 0.1) is 17.0 Å². The molecule has 9 heteroatoms. The standard InChI is InChI=1S/C19H18F3N3OS2/c1-4-14-24-17(16-10(2)11(3)28-18(16)25-14)27-9-15(26)23-13-8-6-5-7-12(13)19(20,21)22/h5-8H,4,9H2,1-3H3,(H,23,26). The van der Waals surface area contributed by atoms with Crippen molar-refractivity contribution in [2.24, 2.45) is 0 Å². The lowest BCUT2D eigenvalue weighted by molar-refractivity contribution is -0.137. The number of nitrogens with one attached hydrogen (secondary N) is 1. The van der Waals surface area contributed by atoms with Gasteiger partial charge in [0.15, 0.2) is 0 Å². The molecule has 0 atom stereocenters. The fraction of sp³-hybridized carbons (Fsp3) is 0.316. The molecule has 0 radical (unpaired) electrons. The van der Waals surface area contributed by atoms with Crippen LogP contribution >= 0.6 is 23.1 Å². The zero-order chi connectivity index (χ0) is 20.5. The maximum Gasteiger partial charge on any atom is 0.418 e. The molecular formula is C19H18F3N3OS2. The molecule has 3 aromatic rings. The first-order chi connectivity index (χ1) is 13.2. The molecule has 0 aliphatic carbocycles. The normalized spacial score (nSPS) is 11.8. The van der Waals surface area contributed by atoms with Gasteiger partial charge in [-0.2, -0.15) is 13.2 Å². The zero-order valence-electron chi connectivity index (χ0n) is 15.5. The first-order valence-corrected chi connectivity index (χ1v) is 10.4. The summed E-state index contributed by atoms with van der Waals surface area (Å²) in [6, 6.07) is 4.94. The lowest BCUT2D eigenvalue weighted by Gasteiger charge is -2.13. The van der Waals surface area contributed by atoms with Crippen LogP contribution in [0.25, 0.3) is 10.2 Å². The van der Waals surface area contributed by atoms with E-state index in [1.54, 1.807) is 11.3 Å². The number of thioether (sulfide) groups is 1. The summed E-state index contributed by atoms with van der Waals surface area (Å²) in [6.45, 7) is 5.93. The summed E-state index contributed by atoms with van der Waals surface area (Å²) in [7, 11) is 0. The van der Waals surface area contributed by atoms with Crippen LogP contribution in [0, 0.1) is 13.8 Å². The number of aryl methyl sites for hydroxylation is 3. The Bertz CT molecular complexity index is 1030. The maximum absolute atomic E-state index is 13.1. The van der Waals surface area contributed by atoms with Crippen LogP contribution in [0.15, 0.2) is 29.3 Å². The second kappa shape index (κ2) is 8.08. The third kappa shape index (κ3) is 4.30. The molecule has 28 heavy (non-hydrogen) atoms. The minimum absolute atomic E-state index is 0.0458. The van der Waals surface area contributed by atoms with Crippen molar-refractivity contribution in [3.63, 3.8) is 0 Å². The molecule has 0 spiro atoms. The summed E-state index contributed by atoms with van der Waals surface area (Å²) in [5.74, 6) is 0.116. The monoisotopic (exact) mass is 425 g/mol. The fourth-order valence-electron chi connectivity index (χ4n) is 2.68. The van der Waals surface area contributed by atoms with Crippen molar-refractivity contribution in [1.82, 2.24) is 9.97 Å². The minimum atomic E-state index is -4.53. The number of aromatic nitrogens is 2. The molecule has 2 aromatic heterocycles. The lowest BCUT2D eigenvalue weighted by atomic mass is 10.1. The number of thiophene rings is 1. The number of alkyl halides is 3. The molecule has 0 aliphatic heterocycles. The van der Waals surface area contributed by atoms with Gasteiger partial charge in [-0.15, -0.1) is 11.3 Å². The molecule has 0 saturated carbocycles. The van der Waals surface area contributed by atoms with Gasteiger partial charge in [0.25, 0.3) is 0 Å². The molecule has 0 aliphatic rings. The van der Waals surface area contributed by atoms with E-state index in [2.05, 4.69) is 15.3 Å². The molecule has 4 nitrogen and oxygen atoms in total. The van der Waals surface area contributed by atoms with E-state index in [0.29, 0.717) is 17.3 Å². The molecule has 0 bridgehead atoms. The van der Waals surface area contributed by atoms with Crippen molar-refractivity contribution in [3.05, 3.63) is 46.1 Å². The Balaban J connectivity index is 1.81. The number of halogens is 3. The van der Waals surface area contributed by atoms with Crippen LogP contribution in [-0.2, 0) is 17.4 Å². The van der Waals surface area contributed by atoms with Crippen LogP contribution in [0.2, 0.25) is 0 Å². The molecule has 2 heterocycles. The summed E-state index contributed by atoms with van der Waals surface area (Å²) in [6.07, 6.45) is -3.87. The number of para-hydroxylation sites is 1. The van der Waals surface area contributed by atoms with Crippen molar-refractivity contribution in [1.29, 1.82) is 0 Å². The Morgan fingerprint density at radius 1 is 1.21 bits per heavy atom. The number of hydrogen-bond acceptors (Lipinski definition) is 5. The Morgan fingerprint density at radius 3 is 2.61 bits per heavy atom. The topological polar surface area (TPSA) is 54.9 Å². The Kier molecular flexibility index (Phi) is 5.95. The van der Waals surface area contributed by atoms with Gasteiger partial charge in [-0.3, -0.25) is 4.79 Å². The van der Waals surface area contributed by atoms with Gasteiger partial charge in [-0.25, -0.2) is 9.97 Å². The highest BCUT2D eigenvalue weighted by Crippen LogP contribution is 2.36. The minimum Gasteiger partial charge on any atom is -0.325 e. The van der Waals surface area contributed by atoms with Crippen molar-refractivity contribution in [2.75, 3.05) is 11.1 Å². The summed E-state index contributed by atoms with van der Waals surface area (Å²) in [5, 5.41) is 3.96. The van der Waals surface area contributed by atoms with Crippen LogP contribution in [0.5, 0.6) is 0 Å².